The summed E-state index contributed by atoms with van der Waals surface area (Å²) in [4.78, 5) is 14.7. The topological polar surface area (TPSA) is 76.2 Å². The van der Waals surface area contributed by atoms with Crippen molar-refractivity contribution in [2.75, 3.05) is 0 Å². The lowest BCUT2D eigenvalue weighted by Gasteiger charge is -2.04. The predicted molar refractivity (Wildman–Crippen MR) is 59.3 cm³/mol. The van der Waals surface area contributed by atoms with Crippen LogP contribution in [0.5, 0.6) is 0 Å². The van der Waals surface area contributed by atoms with E-state index in [0.29, 0.717) is 17.6 Å². The predicted octanol–water partition coefficient (Wildman–Crippen LogP) is 2.04. The zero-order valence-corrected chi connectivity index (χ0v) is 9.87. The van der Waals surface area contributed by atoms with Gasteiger partial charge in [0.15, 0.2) is 5.82 Å². The van der Waals surface area contributed by atoms with Crippen molar-refractivity contribution in [3.8, 4) is 0 Å². The highest BCUT2D eigenvalue weighted by atomic mass is 32.2. The van der Waals surface area contributed by atoms with Crippen LogP contribution < -0.4 is 0 Å². The van der Waals surface area contributed by atoms with E-state index in [1.165, 1.54) is 11.8 Å². The molecule has 0 saturated heterocycles. The Bertz CT molecular complexity index is 376. The van der Waals surface area contributed by atoms with Crippen molar-refractivity contribution in [3.63, 3.8) is 0 Å². The van der Waals surface area contributed by atoms with Gasteiger partial charge in [-0.1, -0.05) is 12.1 Å². The Hall–Kier alpha value is -1.04. The second kappa shape index (κ2) is 4.86. The van der Waals surface area contributed by atoms with Crippen molar-refractivity contribution >= 4 is 17.7 Å². The number of rotatable bonds is 6. The van der Waals surface area contributed by atoms with Gasteiger partial charge in [-0.3, -0.25) is 4.79 Å². The molecule has 1 atom stereocenters. The highest BCUT2D eigenvalue weighted by Gasteiger charge is 2.28. The van der Waals surface area contributed by atoms with Crippen LogP contribution in [0.4, 0.5) is 0 Å². The standard InChI is InChI=1S/C10H14N2O3S/c1-6(4-9(13)14)16-5-8-11-10(12-15-8)7-2-3-7/h6-7H,2-5H2,1H3,(H,13,14). The molecule has 1 aliphatic carbocycles. The van der Waals surface area contributed by atoms with E-state index in [-0.39, 0.29) is 11.7 Å². The van der Waals surface area contributed by atoms with Crippen LogP contribution in [0.2, 0.25) is 0 Å². The summed E-state index contributed by atoms with van der Waals surface area (Å²) >= 11 is 1.53. The third kappa shape index (κ3) is 3.23. The maximum atomic E-state index is 10.5. The fourth-order valence-electron chi connectivity index (χ4n) is 1.35. The second-order valence-corrected chi connectivity index (χ2v) is 5.47. The average molecular weight is 242 g/mol. The molecule has 0 aromatic carbocycles. The largest absolute Gasteiger partial charge is 0.481 e. The van der Waals surface area contributed by atoms with Crippen molar-refractivity contribution in [1.29, 1.82) is 0 Å². The molecule has 2 rings (SSSR count). The Labute approximate surface area is 97.6 Å². The number of hydrogen-bond donors (Lipinski definition) is 1. The van der Waals surface area contributed by atoms with Crippen LogP contribution >= 0.6 is 11.8 Å². The maximum absolute atomic E-state index is 10.5. The Kier molecular flexibility index (Phi) is 3.48. The number of carboxylic acids is 1. The molecule has 0 bridgehead atoms. The van der Waals surface area contributed by atoms with Crippen LogP contribution in [0.1, 0.15) is 43.8 Å². The molecule has 1 heterocycles. The first-order valence-electron chi connectivity index (χ1n) is 5.31. The summed E-state index contributed by atoms with van der Waals surface area (Å²) in [5.41, 5.74) is 0. The first-order valence-corrected chi connectivity index (χ1v) is 6.36. The van der Waals surface area contributed by atoms with Gasteiger partial charge < -0.3 is 9.63 Å². The zero-order valence-electron chi connectivity index (χ0n) is 9.05. The van der Waals surface area contributed by atoms with E-state index in [0.717, 1.165) is 18.7 Å². The van der Waals surface area contributed by atoms with Gasteiger partial charge in [-0.15, -0.1) is 11.8 Å². The fraction of sp³-hybridized carbons (Fsp3) is 0.700. The fourth-order valence-corrected chi connectivity index (χ4v) is 2.16. The van der Waals surface area contributed by atoms with Crippen molar-refractivity contribution in [1.82, 2.24) is 10.1 Å². The molecule has 1 unspecified atom stereocenters. The van der Waals surface area contributed by atoms with Gasteiger partial charge in [-0.2, -0.15) is 4.98 Å². The molecular formula is C10H14N2O3S. The molecule has 6 heteroatoms. The highest BCUT2D eigenvalue weighted by molar-refractivity contribution is 7.99. The van der Waals surface area contributed by atoms with Crippen LogP contribution in [-0.2, 0) is 10.5 Å². The lowest BCUT2D eigenvalue weighted by atomic mass is 10.3. The molecule has 1 aromatic rings. The number of nitrogens with zero attached hydrogens (tertiary/aromatic N) is 2. The number of aliphatic carboxylic acids is 1. The van der Waals surface area contributed by atoms with Crippen molar-refractivity contribution in [2.24, 2.45) is 0 Å². The third-order valence-electron chi connectivity index (χ3n) is 2.38. The Morgan fingerprint density at radius 2 is 2.44 bits per heavy atom. The van der Waals surface area contributed by atoms with E-state index in [1.807, 2.05) is 6.92 Å². The summed E-state index contributed by atoms with van der Waals surface area (Å²) < 4.78 is 5.09. The molecule has 1 aliphatic rings. The Morgan fingerprint density at radius 1 is 1.69 bits per heavy atom. The third-order valence-corrected chi connectivity index (χ3v) is 3.53. The van der Waals surface area contributed by atoms with E-state index in [9.17, 15) is 4.79 Å². The van der Waals surface area contributed by atoms with Crippen LogP contribution in [0.3, 0.4) is 0 Å². The molecule has 1 saturated carbocycles. The summed E-state index contributed by atoms with van der Waals surface area (Å²) in [6, 6.07) is 0. The van der Waals surface area contributed by atoms with Gasteiger partial charge >= 0.3 is 5.97 Å². The number of hydrogen-bond acceptors (Lipinski definition) is 5. The number of aromatic nitrogens is 2. The maximum Gasteiger partial charge on any atom is 0.304 e. The smallest absolute Gasteiger partial charge is 0.304 e. The lowest BCUT2D eigenvalue weighted by molar-refractivity contribution is -0.136. The van der Waals surface area contributed by atoms with Gasteiger partial charge in [-0.25, -0.2) is 0 Å². The lowest BCUT2D eigenvalue weighted by Crippen LogP contribution is -2.05. The van der Waals surface area contributed by atoms with Crippen molar-refractivity contribution < 1.29 is 14.4 Å². The quantitative estimate of drug-likeness (QED) is 0.822. The summed E-state index contributed by atoms with van der Waals surface area (Å²) in [7, 11) is 0. The van der Waals surface area contributed by atoms with Crippen molar-refractivity contribution in [2.45, 2.75) is 43.1 Å². The molecule has 0 amide bonds. The van der Waals surface area contributed by atoms with Crippen LogP contribution in [0.25, 0.3) is 0 Å². The number of carboxylic acid groups (broad SMARTS) is 1. The Balaban J connectivity index is 1.77. The van der Waals surface area contributed by atoms with Crippen LogP contribution in [0, 0.1) is 0 Å². The van der Waals surface area contributed by atoms with Gasteiger partial charge in [0, 0.05) is 11.2 Å². The second-order valence-electron chi connectivity index (χ2n) is 4.04. The molecule has 0 radical (unpaired) electrons. The normalized spacial score (nSPS) is 17.3. The molecule has 1 aromatic heterocycles. The Morgan fingerprint density at radius 3 is 3.06 bits per heavy atom. The van der Waals surface area contributed by atoms with Gasteiger partial charge in [-0.05, 0) is 12.8 Å². The van der Waals surface area contributed by atoms with Gasteiger partial charge in [0.25, 0.3) is 0 Å². The summed E-state index contributed by atoms with van der Waals surface area (Å²) in [6.07, 6.45) is 2.47. The molecule has 1 N–H and O–H groups in total. The minimum absolute atomic E-state index is 0.0637. The molecular weight excluding hydrogens is 228 g/mol. The van der Waals surface area contributed by atoms with Crippen LogP contribution in [0.15, 0.2) is 4.52 Å². The van der Waals surface area contributed by atoms with Crippen molar-refractivity contribution in [3.05, 3.63) is 11.7 Å². The van der Waals surface area contributed by atoms with Gasteiger partial charge in [0.05, 0.1) is 12.2 Å². The molecule has 88 valence electrons. The number of carbonyl (C=O) groups is 1. The minimum atomic E-state index is -0.774. The molecule has 1 fully saturated rings. The van der Waals surface area contributed by atoms with E-state index in [2.05, 4.69) is 10.1 Å². The van der Waals surface area contributed by atoms with Gasteiger partial charge in [0.2, 0.25) is 5.89 Å². The minimum Gasteiger partial charge on any atom is -0.481 e. The SMILES string of the molecule is CC(CC(=O)O)SCc1nc(C2CC2)no1. The molecule has 0 spiro atoms. The van der Waals surface area contributed by atoms with E-state index < -0.39 is 5.97 Å². The monoisotopic (exact) mass is 242 g/mol. The summed E-state index contributed by atoms with van der Waals surface area (Å²) in [5.74, 6) is 1.72. The zero-order chi connectivity index (χ0) is 11.5. The van der Waals surface area contributed by atoms with E-state index in [1.54, 1.807) is 0 Å². The summed E-state index contributed by atoms with van der Waals surface area (Å²) in [5, 5.41) is 12.6. The average Bonchev–Trinajstić information content (AvgIpc) is 2.94. The highest BCUT2D eigenvalue weighted by Crippen LogP contribution is 2.38. The first kappa shape index (κ1) is 11.4. The summed E-state index contributed by atoms with van der Waals surface area (Å²) in [6.45, 7) is 1.89. The molecule has 16 heavy (non-hydrogen) atoms. The van der Waals surface area contributed by atoms with E-state index >= 15 is 0 Å². The number of thioether (sulfide) groups is 1. The molecule has 5 nitrogen and oxygen atoms in total. The van der Waals surface area contributed by atoms with Crippen LogP contribution in [-0.4, -0.2) is 26.5 Å². The van der Waals surface area contributed by atoms with E-state index in [4.69, 9.17) is 9.63 Å². The molecule has 0 aliphatic heterocycles. The van der Waals surface area contributed by atoms with Gasteiger partial charge in [0.1, 0.15) is 0 Å². The first-order chi connectivity index (χ1) is 7.65.